The Hall–Kier alpha value is -1.99. The van der Waals surface area contributed by atoms with Gasteiger partial charge in [0, 0.05) is 43.4 Å². The minimum Gasteiger partial charge on any atom is -0.466 e. The average Bonchev–Trinajstić information content (AvgIpc) is 2.72. The van der Waals surface area contributed by atoms with Crippen LogP contribution in [-0.4, -0.2) is 56.4 Å². The minimum atomic E-state index is -0.312. The average molecular weight is 449 g/mol. The lowest BCUT2D eigenvalue weighted by Gasteiger charge is -2.39. The quantitative estimate of drug-likeness (QED) is 0.558. The second-order valence-corrected chi connectivity index (χ2v) is 8.48. The van der Waals surface area contributed by atoms with E-state index in [4.69, 9.17) is 26.8 Å². The first-order valence-electron chi connectivity index (χ1n) is 10.6. The van der Waals surface area contributed by atoms with E-state index >= 15 is 0 Å². The lowest BCUT2D eigenvalue weighted by molar-refractivity contribution is -0.150. The van der Waals surface area contributed by atoms with Crippen molar-refractivity contribution in [2.24, 2.45) is 11.7 Å². The number of halogens is 2. The van der Waals surface area contributed by atoms with Crippen molar-refractivity contribution in [1.29, 1.82) is 0 Å². The Labute approximate surface area is 188 Å². The van der Waals surface area contributed by atoms with E-state index in [1.165, 1.54) is 12.1 Å². The van der Waals surface area contributed by atoms with E-state index in [0.717, 1.165) is 24.2 Å². The van der Waals surface area contributed by atoms with Crippen LogP contribution in [0.15, 0.2) is 42.5 Å². The van der Waals surface area contributed by atoms with Gasteiger partial charge in [-0.1, -0.05) is 35.9 Å². The molecule has 31 heavy (non-hydrogen) atoms. The molecule has 1 heterocycles. The van der Waals surface area contributed by atoms with Crippen LogP contribution in [0, 0.1) is 11.7 Å². The molecule has 5 nitrogen and oxygen atoms in total. The molecule has 2 aromatic carbocycles. The maximum absolute atomic E-state index is 14.1. The molecule has 0 amide bonds. The van der Waals surface area contributed by atoms with Gasteiger partial charge >= 0.3 is 5.97 Å². The van der Waals surface area contributed by atoms with Crippen LogP contribution < -0.4 is 5.73 Å². The Morgan fingerprint density at radius 2 is 1.97 bits per heavy atom. The molecule has 1 saturated heterocycles. The first-order chi connectivity index (χ1) is 14.9. The molecule has 1 fully saturated rings. The van der Waals surface area contributed by atoms with Crippen molar-refractivity contribution in [3.63, 3.8) is 0 Å². The predicted molar refractivity (Wildman–Crippen MR) is 121 cm³/mol. The number of rotatable bonds is 10. The van der Waals surface area contributed by atoms with Crippen molar-refractivity contribution in [3.8, 4) is 11.1 Å². The molecule has 2 N–H and O–H groups in total. The number of nitrogens with two attached hydrogens (primary N) is 1. The maximum atomic E-state index is 14.1. The summed E-state index contributed by atoms with van der Waals surface area (Å²) in [6.07, 6.45) is 1.39. The molecular weight excluding hydrogens is 419 g/mol. The van der Waals surface area contributed by atoms with Gasteiger partial charge in [0.25, 0.3) is 0 Å². The summed E-state index contributed by atoms with van der Waals surface area (Å²) in [5.74, 6) is -0.786. The number of methoxy groups -OCH3 is 1. The number of carbonyl (C=O) groups excluding carboxylic acids is 1. The summed E-state index contributed by atoms with van der Waals surface area (Å²) in [5, 5.41) is 0.492. The zero-order valence-corrected chi connectivity index (χ0v) is 18.8. The zero-order chi connectivity index (χ0) is 22.4. The van der Waals surface area contributed by atoms with Crippen molar-refractivity contribution < 1.29 is 18.7 Å². The van der Waals surface area contributed by atoms with E-state index < -0.39 is 0 Å². The number of ether oxygens (including phenoxy) is 2. The molecule has 0 unspecified atom stereocenters. The van der Waals surface area contributed by atoms with Crippen LogP contribution in [0.5, 0.6) is 0 Å². The van der Waals surface area contributed by atoms with Gasteiger partial charge in [0.05, 0.1) is 18.6 Å². The third-order valence-electron chi connectivity index (χ3n) is 5.63. The van der Waals surface area contributed by atoms with Crippen LogP contribution in [-0.2, 0) is 20.7 Å². The molecule has 0 spiro atoms. The highest BCUT2D eigenvalue weighted by Gasteiger charge is 2.32. The van der Waals surface area contributed by atoms with Gasteiger partial charge in [-0.25, -0.2) is 4.39 Å². The van der Waals surface area contributed by atoms with Crippen molar-refractivity contribution >= 4 is 17.6 Å². The first kappa shape index (κ1) is 23.7. The number of likely N-dealkylation sites (tertiary alicyclic amines) is 1. The normalized spacial score (nSPS) is 16.5. The number of hydrogen-bond donors (Lipinski definition) is 1. The van der Waals surface area contributed by atoms with Crippen LogP contribution >= 0.6 is 11.6 Å². The van der Waals surface area contributed by atoms with Gasteiger partial charge in [-0.15, -0.1) is 0 Å². The van der Waals surface area contributed by atoms with Crippen molar-refractivity contribution in [3.05, 3.63) is 58.9 Å². The molecule has 0 aromatic heterocycles. The summed E-state index contributed by atoms with van der Waals surface area (Å²) in [6, 6.07) is 11.9. The molecule has 2 aromatic rings. The van der Waals surface area contributed by atoms with Gasteiger partial charge in [-0.05, 0) is 49.1 Å². The van der Waals surface area contributed by atoms with Gasteiger partial charge in [0.1, 0.15) is 5.82 Å². The fourth-order valence-electron chi connectivity index (χ4n) is 3.93. The Bertz CT molecular complexity index is 872. The number of benzene rings is 2. The number of hydrogen-bond acceptors (Lipinski definition) is 5. The SMILES string of the molecule is CCOC(=O)[C@@H](C[C@H](N)Cc1ccc(-c2cc(Cl)ccc2F)cc1)CN1CC(OC)C1. The summed E-state index contributed by atoms with van der Waals surface area (Å²) < 4.78 is 24.7. The lowest BCUT2D eigenvalue weighted by atomic mass is 9.93. The monoisotopic (exact) mass is 448 g/mol. The Morgan fingerprint density at radius 1 is 1.26 bits per heavy atom. The van der Waals surface area contributed by atoms with Crippen molar-refractivity contribution in [2.75, 3.05) is 33.4 Å². The first-order valence-corrected chi connectivity index (χ1v) is 11.0. The highest BCUT2D eigenvalue weighted by molar-refractivity contribution is 6.30. The van der Waals surface area contributed by atoms with Crippen LogP contribution in [0.3, 0.4) is 0 Å². The third kappa shape index (κ3) is 6.50. The van der Waals surface area contributed by atoms with Crippen molar-refractivity contribution in [2.45, 2.75) is 31.9 Å². The largest absolute Gasteiger partial charge is 0.466 e. The maximum Gasteiger partial charge on any atom is 0.310 e. The lowest BCUT2D eigenvalue weighted by Crippen LogP contribution is -2.54. The number of esters is 1. The standard InChI is InChI=1S/C24H30ClFN2O3/c1-3-31-24(29)18(13-28-14-21(15-28)30-2)11-20(27)10-16-4-6-17(7-5-16)22-12-19(25)8-9-23(22)26/h4-9,12,18,20-21H,3,10-11,13-15,27H2,1-2H3/t18-,20+/m0/s1. The van der Waals surface area contributed by atoms with Gasteiger partial charge in [0.15, 0.2) is 0 Å². The van der Waals surface area contributed by atoms with E-state index in [-0.39, 0.29) is 29.9 Å². The highest BCUT2D eigenvalue weighted by atomic mass is 35.5. The summed E-state index contributed by atoms with van der Waals surface area (Å²) in [6.45, 7) is 4.43. The topological polar surface area (TPSA) is 64.8 Å². The fraction of sp³-hybridized carbons (Fsp3) is 0.458. The van der Waals surface area contributed by atoms with E-state index in [2.05, 4.69) is 4.90 Å². The van der Waals surface area contributed by atoms with Gasteiger partial charge in [-0.3, -0.25) is 9.69 Å². The van der Waals surface area contributed by atoms with Crippen LogP contribution in [0.2, 0.25) is 5.02 Å². The molecule has 0 radical (unpaired) electrons. The van der Waals surface area contributed by atoms with E-state index in [1.807, 2.05) is 31.2 Å². The van der Waals surface area contributed by atoms with E-state index in [1.54, 1.807) is 13.2 Å². The fourth-order valence-corrected chi connectivity index (χ4v) is 4.10. The molecule has 0 bridgehead atoms. The summed E-state index contributed by atoms with van der Waals surface area (Å²) in [5.41, 5.74) is 8.65. The number of nitrogens with zero attached hydrogens (tertiary/aromatic N) is 1. The van der Waals surface area contributed by atoms with Crippen LogP contribution in [0.25, 0.3) is 11.1 Å². The molecule has 0 saturated carbocycles. The number of carbonyl (C=O) groups is 1. The second kappa shape index (κ2) is 11.0. The Morgan fingerprint density at radius 3 is 2.61 bits per heavy atom. The smallest absolute Gasteiger partial charge is 0.310 e. The molecule has 168 valence electrons. The third-order valence-corrected chi connectivity index (χ3v) is 5.87. The van der Waals surface area contributed by atoms with E-state index in [9.17, 15) is 9.18 Å². The molecular formula is C24H30ClFN2O3. The van der Waals surface area contributed by atoms with Gasteiger partial charge < -0.3 is 15.2 Å². The van der Waals surface area contributed by atoms with Gasteiger partial charge in [0.2, 0.25) is 0 Å². The molecule has 1 aliphatic rings. The van der Waals surface area contributed by atoms with Crippen LogP contribution in [0.1, 0.15) is 18.9 Å². The van der Waals surface area contributed by atoms with Gasteiger partial charge in [-0.2, -0.15) is 0 Å². The van der Waals surface area contributed by atoms with Crippen molar-refractivity contribution in [1.82, 2.24) is 4.90 Å². The summed E-state index contributed by atoms with van der Waals surface area (Å²) in [4.78, 5) is 14.6. The molecule has 3 rings (SSSR count). The molecule has 1 aliphatic heterocycles. The zero-order valence-electron chi connectivity index (χ0n) is 18.0. The summed E-state index contributed by atoms with van der Waals surface area (Å²) >= 11 is 6.00. The minimum absolute atomic E-state index is 0.192. The molecule has 7 heteroatoms. The van der Waals surface area contributed by atoms with E-state index in [0.29, 0.717) is 36.6 Å². The summed E-state index contributed by atoms with van der Waals surface area (Å²) in [7, 11) is 1.70. The molecule has 2 atom stereocenters. The second-order valence-electron chi connectivity index (χ2n) is 8.05. The predicted octanol–water partition coefficient (Wildman–Crippen LogP) is 3.92. The highest BCUT2D eigenvalue weighted by Crippen LogP contribution is 2.27. The van der Waals surface area contributed by atoms with Crippen LogP contribution in [0.4, 0.5) is 4.39 Å². The molecule has 0 aliphatic carbocycles. The Kier molecular flexibility index (Phi) is 8.43. The Balaban J connectivity index is 1.60.